The topological polar surface area (TPSA) is 59.8 Å². The number of pyridine rings is 1. The van der Waals surface area contributed by atoms with Gasteiger partial charge in [0.1, 0.15) is 11.6 Å². The van der Waals surface area contributed by atoms with E-state index in [1.165, 1.54) is 5.56 Å². The maximum absolute atomic E-state index is 12.3. The van der Waals surface area contributed by atoms with Crippen LogP contribution in [0.1, 0.15) is 17.0 Å². The van der Waals surface area contributed by atoms with Crippen LogP contribution in [0.25, 0.3) is 16.9 Å². The molecule has 2 aromatic carbocycles. The largest absolute Gasteiger partial charge is 0.352 e. The smallest absolute Gasteiger partial charge is 0.224 e. The first-order chi connectivity index (χ1) is 14.2. The van der Waals surface area contributed by atoms with Gasteiger partial charge in [0.15, 0.2) is 0 Å². The highest BCUT2D eigenvalue weighted by molar-refractivity contribution is 5.78. The molecule has 0 aliphatic carbocycles. The van der Waals surface area contributed by atoms with E-state index in [1.807, 2.05) is 60.2 Å². The van der Waals surface area contributed by atoms with E-state index in [2.05, 4.69) is 39.6 Å². The Morgan fingerprint density at radius 3 is 2.28 bits per heavy atom. The molecule has 0 radical (unpaired) electrons. The number of aryl methyl sites for hydroxylation is 1. The van der Waals surface area contributed by atoms with Crippen molar-refractivity contribution in [2.45, 2.75) is 19.9 Å². The molecule has 5 heteroatoms. The van der Waals surface area contributed by atoms with E-state index in [1.54, 1.807) is 12.4 Å². The molecule has 0 saturated carbocycles. The van der Waals surface area contributed by atoms with Gasteiger partial charge < -0.3 is 5.32 Å². The van der Waals surface area contributed by atoms with E-state index < -0.39 is 0 Å². The molecule has 5 nitrogen and oxygen atoms in total. The molecule has 4 aromatic rings. The highest BCUT2D eigenvalue weighted by Crippen LogP contribution is 2.19. The number of imidazole rings is 1. The van der Waals surface area contributed by atoms with Crippen LogP contribution >= 0.6 is 0 Å². The minimum atomic E-state index is -0.00742. The summed E-state index contributed by atoms with van der Waals surface area (Å²) in [6.07, 6.45) is 5.76. The van der Waals surface area contributed by atoms with Crippen molar-refractivity contribution >= 4 is 5.91 Å². The van der Waals surface area contributed by atoms with Gasteiger partial charge in [-0.15, -0.1) is 0 Å². The summed E-state index contributed by atoms with van der Waals surface area (Å²) in [5.74, 6) is 1.69. The second-order valence-corrected chi connectivity index (χ2v) is 6.89. The predicted molar refractivity (Wildman–Crippen MR) is 114 cm³/mol. The molecule has 0 fully saturated rings. The number of nitrogens with zero attached hydrogens (tertiary/aromatic N) is 3. The summed E-state index contributed by atoms with van der Waals surface area (Å²) in [5, 5.41) is 2.96. The Morgan fingerprint density at radius 2 is 1.62 bits per heavy atom. The van der Waals surface area contributed by atoms with Gasteiger partial charge in [0.2, 0.25) is 5.91 Å². The molecule has 0 bridgehead atoms. The monoisotopic (exact) mass is 382 g/mol. The number of carbonyl (C=O) groups excluding carboxylic acids is 1. The van der Waals surface area contributed by atoms with Crippen molar-refractivity contribution in [3.8, 4) is 16.9 Å². The quantitative estimate of drug-likeness (QED) is 0.546. The van der Waals surface area contributed by atoms with Gasteiger partial charge in [-0.1, -0.05) is 60.7 Å². The minimum Gasteiger partial charge on any atom is -0.352 e. The molecular weight excluding hydrogens is 360 g/mol. The van der Waals surface area contributed by atoms with Crippen LogP contribution in [0.3, 0.4) is 0 Å². The maximum Gasteiger partial charge on any atom is 0.224 e. The summed E-state index contributed by atoms with van der Waals surface area (Å²) >= 11 is 0. The molecule has 2 heterocycles. The van der Waals surface area contributed by atoms with Crippen LogP contribution in [0.2, 0.25) is 0 Å². The molecule has 4 rings (SSSR count). The first-order valence-corrected chi connectivity index (χ1v) is 9.55. The number of hydrogen-bond acceptors (Lipinski definition) is 3. The normalized spacial score (nSPS) is 10.7. The Bertz CT molecular complexity index is 1080. The Labute approximate surface area is 170 Å². The summed E-state index contributed by atoms with van der Waals surface area (Å²) < 4.78 is 1.92. The first-order valence-electron chi connectivity index (χ1n) is 9.55. The van der Waals surface area contributed by atoms with E-state index in [0.29, 0.717) is 13.0 Å². The number of carbonyl (C=O) groups is 1. The van der Waals surface area contributed by atoms with Gasteiger partial charge in [0.25, 0.3) is 0 Å². The summed E-state index contributed by atoms with van der Waals surface area (Å²) in [6, 6.07) is 22.2. The Kier molecular flexibility index (Phi) is 5.47. The van der Waals surface area contributed by atoms with Crippen molar-refractivity contribution in [3.63, 3.8) is 0 Å². The molecular formula is C24H22N4O. The number of amides is 1. The molecule has 2 aromatic heterocycles. The van der Waals surface area contributed by atoms with E-state index in [-0.39, 0.29) is 5.91 Å². The van der Waals surface area contributed by atoms with Gasteiger partial charge in [-0.2, -0.15) is 0 Å². The second-order valence-electron chi connectivity index (χ2n) is 6.89. The first kappa shape index (κ1) is 18.6. The van der Waals surface area contributed by atoms with Gasteiger partial charge in [-0.05, 0) is 35.2 Å². The lowest BCUT2D eigenvalue weighted by molar-refractivity contribution is -0.120. The highest BCUT2D eigenvalue weighted by atomic mass is 16.1. The van der Waals surface area contributed by atoms with Crippen LogP contribution in [0.15, 0.2) is 85.3 Å². The maximum atomic E-state index is 12.3. The van der Waals surface area contributed by atoms with E-state index in [9.17, 15) is 4.79 Å². The zero-order valence-corrected chi connectivity index (χ0v) is 16.2. The van der Waals surface area contributed by atoms with Crippen LogP contribution in [0.4, 0.5) is 0 Å². The number of nitrogens with one attached hydrogen (secondary N) is 1. The van der Waals surface area contributed by atoms with Gasteiger partial charge in [-0.25, -0.2) is 9.97 Å². The van der Waals surface area contributed by atoms with Gasteiger partial charge in [0, 0.05) is 25.1 Å². The Morgan fingerprint density at radius 1 is 0.897 bits per heavy atom. The van der Waals surface area contributed by atoms with Crippen LogP contribution in [0, 0.1) is 6.92 Å². The molecule has 1 N–H and O–H groups in total. The third kappa shape index (κ3) is 4.58. The third-order valence-electron chi connectivity index (χ3n) is 4.80. The van der Waals surface area contributed by atoms with Crippen LogP contribution in [-0.2, 0) is 17.8 Å². The lowest BCUT2D eigenvalue weighted by Gasteiger charge is -2.08. The Balaban J connectivity index is 1.31. The molecule has 0 aliphatic rings. The van der Waals surface area contributed by atoms with Crippen molar-refractivity contribution in [3.05, 3.63) is 102 Å². The molecule has 29 heavy (non-hydrogen) atoms. The summed E-state index contributed by atoms with van der Waals surface area (Å²) in [4.78, 5) is 21.0. The highest BCUT2D eigenvalue weighted by Gasteiger charge is 2.06. The number of hydrogen-bond donors (Lipinski definition) is 1. The van der Waals surface area contributed by atoms with Crippen LogP contribution < -0.4 is 5.32 Å². The molecule has 0 atom stereocenters. The van der Waals surface area contributed by atoms with Gasteiger partial charge >= 0.3 is 0 Å². The molecule has 0 aliphatic heterocycles. The SMILES string of the molecule is Cc1nccn1-c1ccc(CNC(=O)Cc2ccc(-c3ccccc3)cc2)cn1. The fraction of sp³-hybridized carbons (Fsp3) is 0.125. The van der Waals surface area contributed by atoms with Gasteiger partial charge in [-0.3, -0.25) is 9.36 Å². The molecule has 1 amide bonds. The molecule has 0 unspecified atom stereocenters. The molecule has 0 saturated heterocycles. The second kappa shape index (κ2) is 8.52. The van der Waals surface area contributed by atoms with E-state index in [4.69, 9.17) is 0 Å². The average molecular weight is 382 g/mol. The van der Waals surface area contributed by atoms with E-state index >= 15 is 0 Å². The predicted octanol–water partition coefficient (Wildman–Crippen LogP) is 4.10. The van der Waals surface area contributed by atoms with Crippen LogP contribution in [-0.4, -0.2) is 20.4 Å². The standard InChI is InChI=1S/C24H22N4O/c1-18-25-13-14-28(18)23-12-9-20(16-26-23)17-27-24(29)15-19-7-10-22(11-8-19)21-5-3-2-4-6-21/h2-14,16H,15,17H2,1H3,(H,27,29). The van der Waals surface area contributed by atoms with Crippen molar-refractivity contribution in [2.24, 2.45) is 0 Å². The van der Waals surface area contributed by atoms with Crippen molar-refractivity contribution in [2.75, 3.05) is 0 Å². The third-order valence-corrected chi connectivity index (χ3v) is 4.80. The van der Waals surface area contributed by atoms with Crippen molar-refractivity contribution < 1.29 is 4.79 Å². The van der Waals surface area contributed by atoms with Crippen molar-refractivity contribution in [1.82, 2.24) is 19.9 Å². The van der Waals surface area contributed by atoms with E-state index in [0.717, 1.165) is 28.3 Å². The lowest BCUT2D eigenvalue weighted by atomic mass is 10.0. The van der Waals surface area contributed by atoms with Crippen LogP contribution in [0.5, 0.6) is 0 Å². The Hall–Kier alpha value is -3.73. The number of aromatic nitrogens is 3. The summed E-state index contributed by atoms with van der Waals surface area (Å²) in [7, 11) is 0. The minimum absolute atomic E-state index is 0.00742. The van der Waals surface area contributed by atoms with Gasteiger partial charge in [0.05, 0.1) is 6.42 Å². The fourth-order valence-electron chi connectivity index (χ4n) is 3.18. The summed E-state index contributed by atoms with van der Waals surface area (Å²) in [6.45, 7) is 2.39. The summed E-state index contributed by atoms with van der Waals surface area (Å²) in [5.41, 5.74) is 4.27. The number of benzene rings is 2. The average Bonchev–Trinajstić information content (AvgIpc) is 3.20. The number of rotatable bonds is 6. The zero-order chi connectivity index (χ0) is 20.1. The van der Waals surface area contributed by atoms with Crippen molar-refractivity contribution in [1.29, 1.82) is 0 Å². The molecule has 144 valence electrons. The molecule has 0 spiro atoms. The fourth-order valence-corrected chi connectivity index (χ4v) is 3.18. The lowest BCUT2D eigenvalue weighted by Crippen LogP contribution is -2.24. The zero-order valence-electron chi connectivity index (χ0n) is 16.2.